The Morgan fingerprint density at radius 2 is 1.90 bits per heavy atom. The van der Waals surface area contributed by atoms with Crippen LogP contribution in [0.3, 0.4) is 0 Å². The van der Waals surface area contributed by atoms with Crippen LogP contribution in [-0.4, -0.2) is 23.9 Å². The highest BCUT2D eigenvalue weighted by Crippen LogP contribution is 2.43. The number of H-pyrrole nitrogens is 1. The van der Waals surface area contributed by atoms with Crippen molar-refractivity contribution in [2.75, 3.05) is 0 Å². The van der Waals surface area contributed by atoms with E-state index >= 15 is 0 Å². The predicted molar refractivity (Wildman–Crippen MR) is 77.9 cm³/mol. The number of ketones is 1. The Morgan fingerprint density at radius 1 is 1.25 bits per heavy atom. The fourth-order valence-electron chi connectivity index (χ4n) is 2.37. The van der Waals surface area contributed by atoms with Crippen molar-refractivity contribution in [1.29, 1.82) is 0 Å². The third-order valence-electron chi connectivity index (χ3n) is 3.69. The van der Waals surface area contributed by atoms with Crippen LogP contribution in [0.2, 0.25) is 0 Å². The average molecular weight is 356 g/mol. The summed E-state index contributed by atoms with van der Waals surface area (Å²) in [6, 6.07) is 2.60. The van der Waals surface area contributed by atoms with Crippen LogP contribution in [0.15, 0.2) is 32.5 Å². The fraction of sp³-hybridized carbons (Fsp3) is 0.231. The molecule has 0 unspecified atom stereocenters. The summed E-state index contributed by atoms with van der Waals surface area (Å²) in [5.41, 5.74) is 0.247. The van der Waals surface area contributed by atoms with E-state index in [-0.39, 0.29) is 21.3 Å². The van der Waals surface area contributed by atoms with Crippen LogP contribution in [0.1, 0.15) is 24.2 Å². The summed E-state index contributed by atoms with van der Waals surface area (Å²) in [7, 11) is -3.80. The number of hydrogen-bond donors (Lipinski definition) is 1. The maximum absolute atomic E-state index is 12.5. The van der Waals surface area contributed by atoms with Crippen molar-refractivity contribution < 1.29 is 13.2 Å². The number of hydrogen-bond acceptors (Lipinski definition) is 4. The van der Waals surface area contributed by atoms with E-state index in [9.17, 15) is 18.0 Å². The Morgan fingerprint density at radius 3 is 2.55 bits per heavy atom. The van der Waals surface area contributed by atoms with Gasteiger partial charge in [0.1, 0.15) is 4.75 Å². The lowest BCUT2D eigenvalue weighted by Gasteiger charge is -2.13. The molecule has 0 saturated heterocycles. The summed E-state index contributed by atoms with van der Waals surface area (Å²) >= 11 is 3.26. The number of rotatable bonds is 0. The van der Waals surface area contributed by atoms with E-state index in [1.54, 1.807) is 0 Å². The van der Waals surface area contributed by atoms with Crippen molar-refractivity contribution in [3.05, 3.63) is 38.6 Å². The minimum atomic E-state index is -3.80. The minimum absolute atomic E-state index is 0.0800. The summed E-state index contributed by atoms with van der Waals surface area (Å²) < 4.78 is 23.7. The lowest BCUT2D eigenvalue weighted by atomic mass is 9.99. The molecular formula is C13H10BrNO4S. The number of aromatic nitrogens is 1. The average Bonchev–Trinajstić information content (AvgIpc) is 2.50. The summed E-state index contributed by atoms with van der Waals surface area (Å²) in [5.74, 6) is -0.467. The van der Waals surface area contributed by atoms with Gasteiger partial charge in [-0.25, -0.2) is 8.42 Å². The molecule has 2 aromatic rings. The number of halogens is 1. The molecule has 7 heteroatoms. The number of carbonyl (C=O) groups is 1. The maximum Gasteiger partial charge on any atom is 0.191 e. The molecule has 2 heterocycles. The number of sulfone groups is 1. The maximum atomic E-state index is 12.5. The molecule has 0 amide bonds. The van der Waals surface area contributed by atoms with E-state index in [0.29, 0.717) is 9.99 Å². The topological polar surface area (TPSA) is 84.1 Å². The molecule has 20 heavy (non-hydrogen) atoms. The summed E-state index contributed by atoms with van der Waals surface area (Å²) in [6.45, 7) is 2.76. The van der Waals surface area contributed by atoms with E-state index in [1.165, 1.54) is 32.2 Å². The first-order valence-corrected chi connectivity index (χ1v) is 8.10. The van der Waals surface area contributed by atoms with E-state index in [4.69, 9.17) is 0 Å². The van der Waals surface area contributed by atoms with Gasteiger partial charge in [0.05, 0.1) is 20.4 Å². The Kier molecular flexibility index (Phi) is 2.56. The molecule has 1 aliphatic rings. The van der Waals surface area contributed by atoms with Gasteiger partial charge in [-0.2, -0.15) is 0 Å². The van der Waals surface area contributed by atoms with Gasteiger partial charge in [0.15, 0.2) is 21.0 Å². The monoisotopic (exact) mass is 355 g/mol. The lowest BCUT2D eigenvalue weighted by Crippen LogP contribution is -2.33. The molecule has 3 rings (SSSR count). The van der Waals surface area contributed by atoms with Crippen molar-refractivity contribution in [1.82, 2.24) is 4.98 Å². The zero-order valence-corrected chi connectivity index (χ0v) is 13.1. The van der Waals surface area contributed by atoms with Crippen LogP contribution in [0.25, 0.3) is 10.9 Å². The molecule has 1 aliphatic heterocycles. The number of fused-ring (bicyclic) bond motifs is 2. The molecule has 1 N–H and O–H groups in total. The Balaban J connectivity index is 2.61. The van der Waals surface area contributed by atoms with Crippen molar-refractivity contribution in [3.8, 4) is 0 Å². The first kappa shape index (κ1) is 13.5. The second-order valence-electron chi connectivity index (χ2n) is 5.17. The predicted octanol–water partition coefficient (Wildman–Crippen LogP) is 2.04. The van der Waals surface area contributed by atoms with Crippen LogP contribution in [0.5, 0.6) is 0 Å². The van der Waals surface area contributed by atoms with E-state index in [0.717, 1.165) is 0 Å². The molecule has 0 aliphatic carbocycles. The Hall–Kier alpha value is -1.47. The Bertz CT molecular complexity index is 941. The highest BCUT2D eigenvalue weighted by Gasteiger charge is 2.52. The van der Waals surface area contributed by atoms with Crippen LogP contribution >= 0.6 is 15.9 Å². The molecule has 0 bridgehead atoms. The molecule has 1 aromatic heterocycles. The minimum Gasteiger partial charge on any atom is -0.360 e. The van der Waals surface area contributed by atoms with Crippen LogP contribution in [-0.2, 0) is 9.84 Å². The van der Waals surface area contributed by atoms with Crippen molar-refractivity contribution in [2.24, 2.45) is 0 Å². The van der Waals surface area contributed by atoms with Crippen LogP contribution < -0.4 is 5.43 Å². The van der Waals surface area contributed by atoms with Gasteiger partial charge < -0.3 is 4.98 Å². The smallest absolute Gasteiger partial charge is 0.191 e. The first-order chi connectivity index (χ1) is 9.19. The second-order valence-corrected chi connectivity index (χ2v) is 8.43. The van der Waals surface area contributed by atoms with E-state index in [1.807, 2.05) is 0 Å². The third kappa shape index (κ3) is 1.39. The van der Waals surface area contributed by atoms with Gasteiger partial charge in [0.2, 0.25) is 0 Å². The number of nitrogens with one attached hydrogen (secondary N) is 1. The van der Waals surface area contributed by atoms with Gasteiger partial charge >= 0.3 is 0 Å². The lowest BCUT2D eigenvalue weighted by molar-refractivity contribution is 0.0958. The summed E-state index contributed by atoms with van der Waals surface area (Å²) in [4.78, 5) is 27.0. The van der Waals surface area contributed by atoms with Crippen LogP contribution in [0, 0.1) is 0 Å². The summed E-state index contributed by atoms with van der Waals surface area (Å²) in [6.07, 6.45) is 1.46. The number of benzene rings is 1. The molecule has 0 spiro atoms. The van der Waals surface area contributed by atoms with Gasteiger partial charge in [0, 0.05) is 17.6 Å². The molecule has 5 nitrogen and oxygen atoms in total. The van der Waals surface area contributed by atoms with E-state index in [2.05, 4.69) is 20.9 Å². The standard InChI is InChI=1S/C13H10BrNO4S/c1-13(2)12(17)9-8(20(13,18)19)5-6-7(16)3-4-15-11(6)10(9)14/h3-5H,1-2H3,(H,15,16). The van der Waals surface area contributed by atoms with Crippen molar-refractivity contribution in [3.63, 3.8) is 0 Å². The zero-order chi connectivity index (χ0) is 14.9. The number of Topliss-reactive ketones (excluding diaryl/α,β-unsaturated/α-hetero) is 1. The number of carbonyl (C=O) groups excluding carboxylic acids is 1. The van der Waals surface area contributed by atoms with Gasteiger partial charge in [0.25, 0.3) is 0 Å². The van der Waals surface area contributed by atoms with Crippen molar-refractivity contribution in [2.45, 2.75) is 23.5 Å². The molecule has 0 radical (unpaired) electrons. The molecule has 1 aromatic carbocycles. The summed E-state index contributed by atoms with van der Waals surface area (Å²) in [5, 5.41) is 0.243. The normalized spacial score (nSPS) is 19.2. The van der Waals surface area contributed by atoms with Crippen LogP contribution in [0.4, 0.5) is 0 Å². The SMILES string of the molecule is CC1(C)C(=O)c2c(cc3c(=O)cc[nH]c3c2Br)S1(=O)=O. The van der Waals surface area contributed by atoms with Gasteiger partial charge in [-0.15, -0.1) is 0 Å². The molecule has 0 saturated carbocycles. The molecule has 0 atom stereocenters. The Labute approximate surface area is 123 Å². The van der Waals surface area contributed by atoms with Gasteiger partial charge in [-0.3, -0.25) is 9.59 Å². The van der Waals surface area contributed by atoms with Crippen molar-refractivity contribution >= 4 is 42.5 Å². The molecular weight excluding hydrogens is 346 g/mol. The fourth-order valence-corrected chi connectivity index (χ4v) is 4.86. The van der Waals surface area contributed by atoms with Gasteiger partial charge in [-0.05, 0) is 35.8 Å². The first-order valence-electron chi connectivity index (χ1n) is 5.83. The number of aromatic amines is 1. The highest BCUT2D eigenvalue weighted by atomic mass is 79.9. The zero-order valence-electron chi connectivity index (χ0n) is 10.7. The highest BCUT2D eigenvalue weighted by molar-refractivity contribution is 9.10. The quantitative estimate of drug-likeness (QED) is 0.783. The number of pyridine rings is 1. The largest absolute Gasteiger partial charge is 0.360 e. The molecule has 0 fully saturated rings. The second kappa shape index (κ2) is 3.79. The molecule has 104 valence electrons. The van der Waals surface area contributed by atoms with E-state index < -0.39 is 20.4 Å². The van der Waals surface area contributed by atoms with Gasteiger partial charge in [-0.1, -0.05) is 0 Å². The third-order valence-corrected chi connectivity index (χ3v) is 6.92.